The molecule has 7 heteroatoms. The van der Waals surface area contributed by atoms with Crippen LogP contribution in [-0.4, -0.2) is 23.8 Å². The van der Waals surface area contributed by atoms with Crippen LogP contribution in [0.4, 0.5) is 10.8 Å². The third-order valence-corrected chi connectivity index (χ3v) is 4.81. The molecule has 0 aliphatic rings. The predicted octanol–water partition coefficient (Wildman–Crippen LogP) is 2.77. The lowest BCUT2D eigenvalue weighted by Gasteiger charge is -2.06. The topological polar surface area (TPSA) is 77.2 Å². The van der Waals surface area contributed by atoms with Crippen molar-refractivity contribution in [1.29, 1.82) is 0 Å². The highest BCUT2D eigenvalue weighted by molar-refractivity contribution is 8.01. The molecule has 1 amide bonds. The molecule has 0 atom stereocenters. The molecule has 5 nitrogen and oxygen atoms in total. The normalized spacial score (nSPS) is 10.3. The highest BCUT2D eigenvalue weighted by Gasteiger charge is 2.09. The molecule has 0 spiro atoms. The second-order valence-electron chi connectivity index (χ2n) is 3.99. The van der Waals surface area contributed by atoms with Crippen LogP contribution in [0.1, 0.15) is 5.69 Å². The van der Waals surface area contributed by atoms with Gasteiger partial charge in [0.2, 0.25) is 5.91 Å². The number of nitrogens with two attached hydrogens (primary N) is 1. The first kappa shape index (κ1) is 14.7. The van der Waals surface area contributed by atoms with Crippen LogP contribution in [0.15, 0.2) is 28.5 Å². The van der Waals surface area contributed by atoms with E-state index in [0.29, 0.717) is 16.6 Å². The molecular formula is C13H15N3O2S2. The zero-order chi connectivity index (χ0) is 14.5. The van der Waals surface area contributed by atoms with E-state index in [1.807, 2.05) is 25.1 Å². The number of aryl methyl sites for hydroxylation is 1. The van der Waals surface area contributed by atoms with E-state index in [0.717, 1.165) is 15.6 Å². The molecule has 20 heavy (non-hydrogen) atoms. The molecule has 0 bridgehead atoms. The molecule has 0 unspecified atom stereocenters. The summed E-state index contributed by atoms with van der Waals surface area (Å²) in [4.78, 5) is 16.0. The number of hydrogen-bond donors (Lipinski definition) is 2. The number of rotatable bonds is 5. The summed E-state index contributed by atoms with van der Waals surface area (Å²) in [7, 11) is 1.59. The molecule has 1 heterocycles. The van der Waals surface area contributed by atoms with Crippen LogP contribution >= 0.6 is 23.1 Å². The molecule has 0 radical (unpaired) electrons. The van der Waals surface area contributed by atoms with Gasteiger partial charge in [-0.25, -0.2) is 4.98 Å². The second kappa shape index (κ2) is 6.62. The number of methoxy groups -OCH3 is 1. The van der Waals surface area contributed by atoms with Crippen molar-refractivity contribution in [1.82, 2.24) is 4.98 Å². The number of ether oxygens (including phenoxy) is 1. The van der Waals surface area contributed by atoms with Gasteiger partial charge in [0.15, 0.2) is 5.13 Å². The quantitative estimate of drug-likeness (QED) is 0.830. The Bertz CT molecular complexity index is 613. The fraction of sp³-hybridized carbons (Fsp3) is 0.231. The largest absolute Gasteiger partial charge is 0.497 e. The van der Waals surface area contributed by atoms with Gasteiger partial charge in [0.05, 0.1) is 22.8 Å². The Labute approximate surface area is 125 Å². The van der Waals surface area contributed by atoms with Crippen LogP contribution in [0.2, 0.25) is 0 Å². The molecule has 1 aromatic carbocycles. The number of aromatic nitrogens is 1. The number of carbonyl (C=O) groups excluding carboxylic acids is 1. The van der Waals surface area contributed by atoms with Crippen molar-refractivity contribution in [2.45, 2.75) is 11.1 Å². The molecule has 2 aromatic rings. The van der Waals surface area contributed by atoms with Crippen LogP contribution < -0.4 is 15.8 Å². The summed E-state index contributed by atoms with van der Waals surface area (Å²) in [5, 5.41) is 3.35. The number of amides is 1. The Morgan fingerprint density at radius 3 is 3.00 bits per heavy atom. The van der Waals surface area contributed by atoms with Crippen molar-refractivity contribution in [3.63, 3.8) is 0 Å². The molecule has 2 rings (SSSR count). The van der Waals surface area contributed by atoms with E-state index < -0.39 is 0 Å². The lowest BCUT2D eigenvalue weighted by molar-refractivity contribution is -0.113. The van der Waals surface area contributed by atoms with Crippen LogP contribution in [0.25, 0.3) is 0 Å². The highest BCUT2D eigenvalue weighted by Crippen LogP contribution is 2.30. The molecule has 0 aliphatic heterocycles. The lowest BCUT2D eigenvalue weighted by atomic mass is 10.3. The molecule has 0 aliphatic carbocycles. The average Bonchev–Trinajstić information content (AvgIpc) is 2.75. The highest BCUT2D eigenvalue weighted by atomic mass is 32.2. The SMILES string of the molecule is COc1cccc(NC(=O)CSc2sc(N)nc2C)c1. The first-order valence-corrected chi connectivity index (χ1v) is 7.68. The number of nitrogens with zero attached hydrogens (tertiary/aromatic N) is 1. The third-order valence-electron chi connectivity index (χ3n) is 2.46. The maximum atomic E-state index is 11.9. The fourth-order valence-corrected chi connectivity index (χ4v) is 3.39. The number of nitrogen functional groups attached to an aromatic ring is 1. The van der Waals surface area contributed by atoms with Gasteiger partial charge in [0, 0.05) is 11.8 Å². The Morgan fingerprint density at radius 2 is 2.35 bits per heavy atom. The Balaban J connectivity index is 1.90. The van der Waals surface area contributed by atoms with E-state index in [1.54, 1.807) is 13.2 Å². The summed E-state index contributed by atoms with van der Waals surface area (Å²) in [6.45, 7) is 1.88. The van der Waals surface area contributed by atoms with Crippen molar-refractivity contribution < 1.29 is 9.53 Å². The number of nitrogens with one attached hydrogen (secondary N) is 1. The third kappa shape index (κ3) is 3.88. The number of thiazole rings is 1. The predicted molar refractivity (Wildman–Crippen MR) is 83.6 cm³/mol. The van der Waals surface area contributed by atoms with Gasteiger partial charge < -0.3 is 15.8 Å². The van der Waals surface area contributed by atoms with E-state index in [4.69, 9.17) is 10.5 Å². The van der Waals surface area contributed by atoms with Gasteiger partial charge in [-0.15, -0.1) is 11.8 Å². The number of hydrogen-bond acceptors (Lipinski definition) is 6. The van der Waals surface area contributed by atoms with Crippen molar-refractivity contribution >= 4 is 39.8 Å². The van der Waals surface area contributed by atoms with Crippen LogP contribution in [0, 0.1) is 6.92 Å². The Kier molecular flexibility index (Phi) is 4.86. The van der Waals surface area contributed by atoms with Gasteiger partial charge in [-0.2, -0.15) is 0 Å². The molecule has 0 fully saturated rings. The molecule has 3 N–H and O–H groups in total. The van der Waals surface area contributed by atoms with Gasteiger partial charge in [-0.3, -0.25) is 4.79 Å². The van der Waals surface area contributed by atoms with Gasteiger partial charge >= 0.3 is 0 Å². The smallest absolute Gasteiger partial charge is 0.234 e. The van der Waals surface area contributed by atoms with Gasteiger partial charge in [-0.05, 0) is 19.1 Å². The van der Waals surface area contributed by atoms with Crippen LogP contribution in [0.5, 0.6) is 5.75 Å². The average molecular weight is 309 g/mol. The van der Waals surface area contributed by atoms with Crippen LogP contribution in [-0.2, 0) is 4.79 Å². The molecular weight excluding hydrogens is 294 g/mol. The summed E-state index contributed by atoms with van der Waals surface area (Å²) < 4.78 is 6.08. The summed E-state index contributed by atoms with van der Waals surface area (Å²) >= 11 is 2.84. The maximum Gasteiger partial charge on any atom is 0.234 e. The summed E-state index contributed by atoms with van der Waals surface area (Å²) in [5.74, 6) is 0.954. The minimum Gasteiger partial charge on any atom is -0.497 e. The van der Waals surface area contributed by atoms with E-state index in [1.165, 1.54) is 23.1 Å². The van der Waals surface area contributed by atoms with E-state index in [2.05, 4.69) is 10.3 Å². The molecule has 0 saturated carbocycles. The zero-order valence-electron chi connectivity index (χ0n) is 11.2. The van der Waals surface area contributed by atoms with E-state index >= 15 is 0 Å². The first-order chi connectivity index (χ1) is 9.58. The summed E-state index contributed by atoms with van der Waals surface area (Å²) in [5.41, 5.74) is 7.21. The van der Waals surface area contributed by atoms with Gasteiger partial charge in [-0.1, -0.05) is 17.4 Å². The van der Waals surface area contributed by atoms with Crippen LogP contribution in [0.3, 0.4) is 0 Å². The molecule has 1 aromatic heterocycles. The van der Waals surface area contributed by atoms with E-state index in [-0.39, 0.29) is 5.91 Å². The van der Waals surface area contributed by atoms with Crippen molar-refractivity contribution in [3.8, 4) is 5.75 Å². The molecule has 106 valence electrons. The van der Waals surface area contributed by atoms with Gasteiger partial charge in [0.25, 0.3) is 0 Å². The second-order valence-corrected chi connectivity index (χ2v) is 6.27. The monoisotopic (exact) mass is 309 g/mol. The van der Waals surface area contributed by atoms with Gasteiger partial charge in [0.1, 0.15) is 5.75 Å². The standard InChI is InChI=1S/C13H15N3O2S2/c1-8-12(20-13(14)15-8)19-7-11(17)16-9-4-3-5-10(6-9)18-2/h3-6H,7H2,1-2H3,(H2,14,15)(H,16,17). The number of anilines is 2. The lowest BCUT2D eigenvalue weighted by Crippen LogP contribution is -2.13. The van der Waals surface area contributed by atoms with Crippen molar-refractivity contribution in [2.75, 3.05) is 23.9 Å². The van der Waals surface area contributed by atoms with E-state index in [9.17, 15) is 4.79 Å². The number of thioether (sulfide) groups is 1. The minimum absolute atomic E-state index is 0.0744. The Morgan fingerprint density at radius 1 is 1.55 bits per heavy atom. The summed E-state index contributed by atoms with van der Waals surface area (Å²) in [6.07, 6.45) is 0. The maximum absolute atomic E-state index is 11.9. The zero-order valence-corrected chi connectivity index (χ0v) is 12.8. The molecule has 0 saturated heterocycles. The van der Waals surface area contributed by atoms with Crippen molar-refractivity contribution in [3.05, 3.63) is 30.0 Å². The summed E-state index contributed by atoms with van der Waals surface area (Å²) in [6, 6.07) is 7.25. The first-order valence-electron chi connectivity index (χ1n) is 5.88. The number of benzene rings is 1. The minimum atomic E-state index is -0.0744. The van der Waals surface area contributed by atoms with Crippen molar-refractivity contribution in [2.24, 2.45) is 0 Å². The fourth-order valence-electron chi connectivity index (χ4n) is 1.57. The Hall–Kier alpha value is -1.73. The number of carbonyl (C=O) groups is 1.